The van der Waals surface area contributed by atoms with Crippen LogP contribution in [0.3, 0.4) is 0 Å². The Hall–Kier alpha value is -1.70. The first-order valence-electron chi connectivity index (χ1n) is 8.82. The van der Waals surface area contributed by atoms with Crippen molar-refractivity contribution in [1.29, 1.82) is 0 Å². The Balaban J connectivity index is 1.39. The average molecular weight is 332 g/mol. The second-order valence-corrected chi connectivity index (χ2v) is 6.88. The van der Waals surface area contributed by atoms with Crippen LogP contribution in [0.25, 0.3) is 0 Å². The number of rotatable bonds is 4. The van der Waals surface area contributed by atoms with Crippen LogP contribution in [0.4, 0.5) is 4.79 Å². The third-order valence-electron chi connectivity index (χ3n) is 4.95. The molecule has 4 N–H and O–H groups in total. The highest BCUT2D eigenvalue weighted by Gasteiger charge is 2.31. The fraction of sp³-hybridized carbons (Fsp3) is 0.647. The van der Waals surface area contributed by atoms with Crippen molar-refractivity contribution in [3.05, 3.63) is 30.1 Å². The van der Waals surface area contributed by atoms with Gasteiger partial charge in [0.2, 0.25) is 0 Å². The molecule has 7 nitrogen and oxygen atoms in total. The highest BCUT2D eigenvalue weighted by Crippen LogP contribution is 2.13. The molecule has 132 valence electrons. The smallest absolute Gasteiger partial charge is 0.315 e. The first kappa shape index (κ1) is 17.1. The van der Waals surface area contributed by atoms with E-state index in [4.69, 9.17) is 0 Å². The van der Waals surface area contributed by atoms with Crippen molar-refractivity contribution in [2.24, 2.45) is 0 Å². The lowest BCUT2D eigenvalue weighted by molar-refractivity contribution is 0.183. The predicted molar refractivity (Wildman–Crippen MR) is 93.2 cm³/mol. The summed E-state index contributed by atoms with van der Waals surface area (Å²) in [5, 5.41) is 6.20. The molecule has 2 aliphatic rings. The predicted octanol–water partition coefficient (Wildman–Crippen LogP) is 0.599. The lowest BCUT2D eigenvalue weighted by Gasteiger charge is -2.32. The van der Waals surface area contributed by atoms with Gasteiger partial charge in [0.05, 0.1) is 11.7 Å². The molecule has 3 rings (SSSR count). The van der Waals surface area contributed by atoms with Crippen molar-refractivity contribution in [3.63, 3.8) is 0 Å². The lowest BCUT2D eigenvalue weighted by Crippen LogP contribution is -2.53. The van der Waals surface area contributed by atoms with E-state index >= 15 is 0 Å². The molecule has 2 fully saturated rings. The second kappa shape index (κ2) is 7.92. The van der Waals surface area contributed by atoms with Gasteiger partial charge in [0.15, 0.2) is 0 Å². The summed E-state index contributed by atoms with van der Waals surface area (Å²) in [5.41, 5.74) is 7.41. The van der Waals surface area contributed by atoms with Gasteiger partial charge in [-0.2, -0.15) is 0 Å². The Morgan fingerprint density at radius 3 is 2.54 bits per heavy atom. The fourth-order valence-corrected chi connectivity index (χ4v) is 3.46. The van der Waals surface area contributed by atoms with Crippen molar-refractivity contribution < 1.29 is 4.79 Å². The number of hydrazine groups is 1. The molecular formula is C17H28N6O. The topological polar surface area (TPSA) is 81.3 Å². The number of carbonyl (C=O) groups excluding carboxylic acids is 1. The van der Waals surface area contributed by atoms with Crippen LogP contribution in [0.2, 0.25) is 0 Å². The molecule has 7 heteroatoms. The van der Waals surface area contributed by atoms with E-state index in [1.165, 1.54) is 0 Å². The zero-order valence-corrected chi connectivity index (χ0v) is 14.5. The summed E-state index contributed by atoms with van der Waals surface area (Å²) in [6, 6.07) is 6.77. The maximum absolute atomic E-state index is 12.2. The van der Waals surface area contributed by atoms with E-state index in [2.05, 4.69) is 51.3 Å². The van der Waals surface area contributed by atoms with Gasteiger partial charge in [-0.15, -0.1) is 0 Å². The Kier molecular flexibility index (Phi) is 5.65. The number of piperidine rings is 1. The van der Waals surface area contributed by atoms with Crippen LogP contribution < -0.4 is 21.5 Å². The summed E-state index contributed by atoms with van der Waals surface area (Å²) >= 11 is 0. The van der Waals surface area contributed by atoms with Crippen LogP contribution in [0.1, 0.15) is 32.4 Å². The highest BCUT2D eigenvalue weighted by atomic mass is 16.2. The minimum Gasteiger partial charge on any atom is -0.335 e. The number of aromatic nitrogens is 1. The molecule has 0 radical (unpaired) electrons. The Morgan fingerprint density at radius 2 is 1.92 bits per heavy atom. The van der Waals surface area contributed by atoms with Crippen LogP contribution in [-0.4, -0.2) is 53.2 Å². The fourth-order valence-electron chi connectivity index (χ4n) is 3.46. The Bertz CT molecular complexity index is 521. The summed E-state index contributed by atoms with van der Waals surface area (Å²) in [6.07, 6.45) is 3.79. The van der Waals surface area contributed by atoms with Gasteiger partial charge in [-0.25, -0.2) is 4.79 Å². The van der Waals surface area contributed by atoms with Gasteiger partial charge in [-0.1, -0.05) is 6.07 Å². The summed E-state index contributed by atoms with van der Waals surface area (Å²) in [7, 11) is 0. The summed E-state index contributed by atoms with van der Waals surface area (Å²) in [4.78, 5) is 19.0. The molecule has 24 heavy (non-hydrogen) atoms. The minimum absolute atomic E-state index is 0.0626. The third kappa shape index (κ3) is 4.43. The van der Waals surface area contributed by atoms with Crippen molar-refractivity contribution >= 4 is 6.03 Å². The van der Waals surface area contributed by atoms with E-state index in [0.29, 0.717) is 0 Å². The van der Waals surface area contributed by atoms with Crippen LogP contribution in [0, 0.1) is 0 Å². The van der Waals surface area contributed by atoms with Crippen molar-refractivity contribution in [1.82, 2.24) is 31.4 Å². The minimum atomic E-state index is -0.0626. The van der Waals surface area contributed by atoms with Gasteiger partial charge in [0.1, 0.15) is 0 Å². The summed E-state index contributed by atoms with van der Waals surface area (Å²) < 4.78 is 0. The number of amides is 2. The molecular weight excluding hydrogens is 304 g/mol. The van der Waals surface area contributed by atoms with Crippen molar-refractivity contribution in [3.8, 4) is 0 Å². The first-order chi connectivity index (χ1) is 11.6. The maximum Gasteiger partial charge on any atom is 0.315 e. The SMILES string of the molecule is CC1NNC(C)C1NC(=O)NC1CCN(Cc2ccccn2)CC1. The van der Waals surface area contributed by atoms with E-state index in [0.717, 1.165) is 38.2 Å². The molecule has 3 heterocycles. The molecule has 0 aliphatic carbocycles. The molecule has 2 unspecified atom stereocenters. The quantitative estimate of drug-likeness (QED) is 0.649. The molecule has 2 atom stereocenters. The van der Waals surface area contributed by atoms with Gasteiger partial charge in [-0.05, 0) is 38.8 Å². The molecule has 1 aromatic heterocycles. The van der Waals surface area contributed by atoms with Gasteiger partial charge < -0.3 is 10.6 Å². The number of nitrogens with one attached hydrogen (secondary N) is 4. The Labute approximate surface area is 143 Å². The maximum atomic E-state index is 12.2. The number of hydrogen-bond acceptors (Lipinski definition) is 5. The first-order valence-corrected chi connectivity index (χ1v) is 8.82. The van der Waals surface area contributed by atoms with E-state index in [1.807, 2.05) is 18.3 Å². The summed E-state index contributed by atoms with van der Waals surface area (Å²) in [6.45, 7) is 6.99. The molecule has 2 saturated heterocycles. The number of pyridine rings is 1. The second-order valence-electron chi connectivity index (χ2n) is 6.88. The normalized spacial score (nSPS) is 28.7. The van der Waals surface area contributed by atoms with E-state index in [-0.39, 0.29) is 30.2 Å². The van der Waals surface area contributed by atoms with E-state index in [9.17, 15) is 4.79 Å². The largest absolute Gasteiger partial charge is 0.335 e. The van der Waals surface area contributed by atoms with Gasteiger partial charge >= 0.3 is 6.03 Å². The van der Waals surface area contributed by atoms with Crippen LogP contribution in [0.5, 0.6) is 0 Å². The van der Waals surface area contributed by atoms with Gasteiger partial charge in [0, 0.05) is 44.0 Å². The van der Waals surface area contributed by atoms with E-state index < -0.39 is 0 Å². The highest BCUT2D eigenvalue weighted by molar-refractivity contribution is 5.74. The zero-order chi connectivity index (χ0) is 16.9. The molecule has 0 spiro atoms. The Morgan fingerprint density at radius 1 is 1.21 bits per heavy atom. The number of nitrogens with zero attached hydrogens (tertiary/aromatic N) is 2. The molecule has 0 aromatic carbocycles. The van der Waals surface area contributed by atoms with Gasteiger partial charge in [0.25, 0.3) is 0 Å². The molecule has 0 saturated carbocycles. The zero-order valence-electron chi connectivity index (χ0n) is 14.5. The number of likely N-dealkylation sites (tertiary alicyclic amines) is 1. The monoisotopic (exact) mass is 332 g/mol. The van der Waals surface area contributed by atoms with Crippen LogP contribution >= 0.6 is 0 Å². The molecule has 2 aliphatic heterocycles. The number of hydrogen-bond donors (Lipinski definition) is 4. The number of urea groups is 1. The molecule has 2 amide bonds. The van der Waals surface area contributed by atoms with E-state index in [1.54, 1.807) is 0 Å². The standard InChI is InChI=1S/C17H28N6O/c1-12-16(13(2)22-21-12)20-17(24)19-14-6-9-23(10-7-14)11-15-5-3-4-8-18-15/h3-5,8,12-14,16,21-22H,6-7,9-11H2,1-2H3,(H2,19,20,24). The van der Waals surface area contributed by atoms with Gasteiger partial charge in [-0.3, -0.25) is 20.7 Å². The molecule has 1 aromatic rings. The molecule has 0 bridgehead atoms. The van der Waals surface area contributed by atoms with Crippen LogP contribution in [0.15, 0.2) is 24.4 Å². The van der Waals surface area contributed by atoms with Crippen molar-refractivity contribution in [2.75, 3.05) is 13.1 Å². The summed E-state index contributed by atoms with van der Waals surface area (Å²) in [5.74, 6) is 0. The lowest BCUT2D eigenvalue weighted by atomic mass is 10.0. The van der Waals surface area contributed by atoms with Crippen LogP contribution in [-0.2, 0) is 6.54 Å². The number of carbonyl (C=O) groups is 1. The average Bonchev–Trinajstić information content (AvgIpc) is 2.89. The third-order valence-corrected chi connectivity index (χ3v) is 4.95. The van der Waals surface area contributed by atoms with Crippen molar-refractivity contribution in [2.45, 2.75) is 57.4 Å².